The Morgan fingerprint density at radius 3 is 2.88 bits per heavy atom. The molecule has 0 aliphatic heterocycles. The van der Waals surface area contributed by atoms with Crippen molar-refractivity contribution in [3.05, 3.63) is 29.6 Å². The molecule has 0 heterocycles. The summed E-state index contributed by atoms with van der Waals surface area (Å²) in [6.07, 6.45) is 2.01. The van der Waals surface area contributed by atoms with Crippen molar-refractivity contribution in [1.29, 1.82) is 0 Å². The highest BCUT2D eigenvalue weighted by molar-refractivity contribution is 5.29. The third-order valence-electron chi connectivity index (χ3n) is 2.64. The summed E-state index contributed by atoms with van der Waals surface area (Å²) in [4.78, 5) is 0. The summed E-state index contributed by atoms with van der Waals surface area (Å²) in [5.74, 6) is 0.0671. The lowest BCUT2D eigenvalue weighted by atomic mass is 10.2. The number of rotatable bonds is 7. The molecule has 0 bridgehead atoms. The van der Waals surface area contributed by atoms with Crippen molar-refractivity contribution in [3.8, 4) is 5.75 Å². The van der Waals surface area contributed by atoms with E-state index in [4.69, 9.17) is 4.74 Å². The van der Waals surface area contributed by atoms with E-state index in [9.17, 15) is 4.39 Å². The predicted octanol–water partition coefficient (Wildman–Crippen LogP) is 3.29. The van der Waals surface area contributed by atoms with E-state index in [2.05, 4.69) is 19.2 Å². The molecule has 1 aromatic carbocycles. The number of hydrogen-bond acceptors (Lipinski definition) is 2. The van der Waals surface area contributed by atoms with Gasteiger partial charge in [0.05, 0.1) is 6.61 Å². The Morgan fingerprint density at radius 2 is 2.18 bits per heavy atom. The lowest BCUT2D eigenvalue weighted by molar-refractivity contribution is 0.277. The summed E-state index contributed by atoms with van der Waals surface area (Å²) in [5, 5.41) is 3.37. The molecule has 0 spiro atoms. The van der Waals surface area contributed by atoms with Gasteiger partial charge in [0, 0.05) is 6.04 Å². The van der Waals surface area contributed by atoms with Crippen LogP contribution in [0.3, 0.4) is 0 Å². The highest BCUT2D eigenvalue weighted by atomic mass is 19.1. The smallest absolute Gasteiger partial charge is 0.165 e. The summed E-state index contributed by atoms with van der Waals surface area (Å²) in [6.45, 7) is 7.74. The third-order valence-corrected chi connectivity index (χ3v) is 2.64. The molecule has 0 radical (unpaired) electrons. The Morgan fingerprint density at radius 1 is 1.41 bits per heavy atom. The molecule has 1 rings (SSSR count). The number of aryl methyl sites for hydroxylation is 1. The van der Waals surface area contributed by atoms with Crippen molar-refractivity contribution in [1.82, 2.24) is 5.32 Å². The number of hydrogen-bond donors (Lipinski definition) is 1. The Bertz CT molecular complexity index is 341. The predicted molar refractivity (Wildman–Crippen MR) is 69.0 cm³/mol. The largest absolute Gasteiger partial charge is 0.490 e. The summed E-state index contributed by atoms with van der Waals surface area (Å²) in [5.41, 5.74) is 1.01. The molecule has 96 valence electrons. The molecule has 0 aliphatic rings. The molecule has 0 aromatic heterocycles. The molecular weight excluding hydrogens is 217 g/mol. The summed E-state index contributed by atoms with van der Waals surface area (Å²) in [7, 11) is 0. The van der Waals surface area contributed by atoms with Gasteiger partial charge in [-0.05, 0) is 50.9 Å². The van der Waals surface area contributed by atoms with E-state index in [1.807, 2.05) is 6.92 Å². The molecule has 0 saturated heterocycles. The van der Waals surface area contributed by atoms with Crippen LogP contribution in [0.25, 0.3) is 0 Å². The third kappa shape index (κ3) is 5.18. The van der Waals surface area contributed by atoms with Crippen molar-refractivity contribution in [2.75, 3.05) is 13.2 Å². The topological polar surface area (TPSA) is 21.3 Å². The zero-order valence-corrected chi connectivity index (χ0v) is 10.9. The van der Waals surface area contributed by atoms with Gasteiger partial charge in [-0.3, -0.25) is 0 Å². The molecule has 0 amide bonds. The van der Waals surface area contributed by atoms with Gasteiger partial charge in [0.1, 0.15) is 0 Å². The summed E-state index contributed by atoms with van der Waals surface area (Å²) in [6, 6.07) is 5.33. The first-order valence-electron chi connectivity index (χ1n) is 6.25. The SMILES string of the molecule is CCCNC(C)CCOc1cc(C)ccc1F. The average molecular weight is 239 g/mol. The van der Waals surface area contributed by atoms with Gasteiger partial charge in [0.15, 0.2) is 11.6 Å². The van der Waals surface area contributed by atoms with E-state index in [1.165, 1.54) is 6.07 Å². The molecular formula is C14H22FNO. The number of nitrogens with one attached hydrogen (secondary N) is 1. The normalized spacial score (nSPS) is 12.5. The Labute approximate surface area is 103 Å². The number of ether oxygens (including phenoxy) is 1. The van der Waals surface area contributed by atoms with Crippen LogP contribution in [0.5, 0.6) is 5.75 Å². The second kappa shape index (κ2) is 7.28. The van der Waals surface area contributed by atoms with Crippen LogP contribution in [0.2, 0.25) is 0 Å². The maximum absolute atomic E-state index is 13.4. The first-order valence-corrected chi connectivity index (χ1v) is 6.25. The van der Waals surface area contributed by atoms with Gasteiger partial charge in [-0.15, -0.1) is 0 Å². The van der Waals surface area contributed by atoms with Crippen molar-refractivity contribution in [2.24, 2.45) is 0 Å². The van der Waals surface area contributed by atoms with E-state index in [1.54, 1.807) is 12.1 Å². The molecule has 1 N–H and O–H groups in total. The first kappa shape index (κ1) is 14.0. The van der Waals surface area contributed by atoms with Crippen LogP contribution in [-0.2, 0) is 0 Å². The van der Waals surface area contributed by atoms with Crippen molar-refractivity contribution >= 4 is 0 Å². The van der Waals surface area contributed by atoms with E-state index >= 15 is 0 Å². The van der Waals surface area contributed by atoms with Crippen molar-refractivity contribution in [3.63, 3.8) is 0 Å². The van der Waals surface area contributed by atoms with E-state index in [0.717, 1.165) is 24.9 Å². The fourth-order valence-corrected chi connectivity index (χ4v) is 1.56. The lowest BCUT2D eigenvalue weighted by Gasteiger charge is -2.14. The van der Waals surface area contributed by atoms with Crippen LogP contribution >= 0.6 is 0 Å². The van der Waals surface area contributed by atoms with Crippen molar-refractivity contribution < 1.29 is 9.13 Å². The number of benzene rings is 1. The monoisotopic (exact) mass is 239 g/mol. The fraction of sp³-hybridized carbons (Fsp3) is 0.571. The van der Waals surface area contributed by atoms with Gasteiger partial charge < -0.3 is 10.1 Å². The van der Waals surface area contributed by atoms with Gasteiger partial charge in [-0.2, -0.15) is 0 Å². The summed E-state index contributed by atoms with van der Waals surface area (Å²) < 4.78 is 18.8. The quantitative estimate of drug-likeness (QED) is 0.788. The molecule has 1 aromatic rings. The molecule has 0 fully saturated rings. The zero-order valence-electron chi connectivity index (χ0n) is 10.9. The van der Waals surface area contributed by atoms with Gasteiger partial charge >= 0.3 is 0 Å². The van der Waals surface area contributed by atoms with Gasteiger partial charge in [-0.25, -0.2) is 4.39 Å². The maximum Gasteiger partial charge on any atom is 0.165 e. The minimum atomic E-state index is -0.287. The minimum Gasteiger partial charge on any atom is -0.490 e. The molecule has 1 unspecified atom stereocenters. The highest BCUT2D eigenvalue weighted by Crippen LogP contribution is 2.18. The van der Waals surface area contributed by atoms with Gasteiger partial charge in [0.2, 0.25) is 0 Å². The summed E-state index contributed by atoms with van der Waals surface area (Å²) >= 11 is 0. The molecule has 1 atom stereocenters. The van der Waals surface area contributed by atoms with Crippen molar-refractivity contribution in [2.45, 2.75) is 39.7 Å². The standard InChI is InChI=1S/C14H22FNO/c1-4-8-16-12(3)7-9-17-14-10-11(2)5-6-13(14)15/h5-6,10,12,16H,4,7-9H2,1-3H3. The van der Waals surface area contributed by atoms with Crippen LogP contribution in [0.15, 0.2) is 18.2 Å². The van der Waals surface area contributed by atoms with Gasteiger partial charge in [-0.1, -0.05) is 13.0 Å². The second-order valence-corrected chi connectivity index (χ2v) is 4.43. The average Bonchev–Trinajstić information content (AvgIpc) is 2.31. The molecule has 2 nitrogen and oxygen atoms in total. The zero-order chi connectivity index (χ0) is 12.7. The van der Waals surface area contributed by atoms with Crippen LogP contribution in [0.1, 0.15) is 32.3 Å². The maximum atomic E-state index is 13.4. The Kier molecular flexibility index (Phi) is 5.98. The van der Waals surface area contributed by atoms with E-state index in [-0.39, 0.29) is 5.82 Å². The second-order valence-electron chi connectivity index (χ2n) is 4.43. The van der Waals surface area contributed by atoms with E-state index < -0.39 is 0 Å². The highest BCUT2D eigenvalue weighted by Gasteiger charge is 2.05. The fourth-order valence-electron chi connectivity index (χ4n) is 1.56. The molecule has 3 heteroatoms. The van der Waals surface area contributed by atoms with Crippen LogP contribution in [0, 0.1) is 12.7 Å². The minimum absolute atomic E-state index is 0.287. The van der Waals surface area contributed by atoms with E-state index in [0.29, 0.717) is 18.4 Å². The molecule has 0 saturated carbocycles. The Hall–Kier alpha value is -1.09. The lowest BCUT2D eigenvalue weighted by Crippen LogP contribution is -2.28. The van der Waals surface area contributed by atoms with Crippen LogP contribution in [0.4, 0.5) is 4.39 Å². The molecule has 17 heavy (non-hydrogen) atoms. The first-order chi connectivity index (χ1) is 8.13. The van der Waals surface area contributed by atoms with Crippen LogP contribution < -0.4 is 10.1 Å². The van der Waals surface area contributed by atoms with Gasteiger partial charge in [0.25, 0.3) is 0 Å². The molecule has 0 aliphatic carbocycles. The van der Waals surface area contributed by atoms with Crippen LogP contribution in [-0.4, -0.2) is 19.2 Å². The Balaban J connectivity index is 2.32. The number of halogens is 1.